The Morgan fingerprint density at radius 3 is 2.33 bits per heavy atom. The number of sulfonamides is 1. The number of hydrogen-bond acceptors (Lipinski definition) is 4. The Kier molecular flexibility index (Phi) is 4.61. The third kappa shape index (κ3) is 4.03. The summed E-state index contributed by atoms with van der Waals surface area (Å²) in [5.74, 6) is 0. The van der Waals surface area contributed by atoms with Gasteiger partial charge in [0.1, 0.15) is 0 Å². The second-order valence-electron chi connectivity index (χ2n) is 4.30. The summed E-state index contributed by atoms with van der Waals surface area (Å²) in [5.41, 5.74) is 1.13. The van der Waals surface area contributed by atoms with Crippen molar-refractivity contribution in [2.75, 3.05) is 9.44 Å². The molecule has 0 aliphatic carbocycles. The van der Waals surface area contributed by atoms with Crippen LogP contribution in [-0.2, 0) is 21.3 Å². The summed E-state index contributed by atoms with van der Waals surface area (Å²) >= 11 is -2.54. The molecule has 2 aromatic rings. The van der Waals surface area contributed by atoms with E-state index in [9.17, 15) is 17.2 Å². The van der Waals surface area contributed by atoms with Crippen molar-refractivity contribution in [3.63, 3.8) is 0 Å². The minimum atomic E-state index is -3.78. The van der Waals surface area contributed by atoms with Crippen LogP contribution in [0.4, 0.5) is 11.4 Å². The zero-order chi connectivity index (χ0) is 15.5. The van der Waals surface area contributed by atoms with Crippen LogP contribution in [0.2, 0.25) is 0 Å². The van der Waals surface area contributed by atoms with Crippen molar-refractivity contribution in [2.24, 2.45) is 0 Å². The summed E-state index contributed by atoms with van der Waals surface area (Å²) in [6, 6.07) is 12.6. The van der Waals surface area contributed by atoms with E-state index in [1.807, 2.05) is 0 Å². The molecule has 0 amide bonds. The molecule has 0 aliphatic heterocycles. The SMILES string of the molecule is Cc1ccc(NS(=O)(=O)c2ccccc2)c(NS(=O)[O-])c1. The molecular weight excluding hydrogens is 312 g/mol. The van der Waals surface area contributed by atoms with Crippen LogP contribution in [0.3, 0.4) is 0 Å². The van der Waals surface area contributed by atoms with Crippen LogP contribution in [0.15, 0.2) is 53.4 Å². The molecular formula is C13H13N2O4S2-. The fourth-order valence-electron chi connectivity index (χ4n) is 1.72. The van der Waals surface area contributed by atoms with Crippen LogP contribution < -0.4 is 9.44 Å². The fourth-order valence-corrected chi connectivity index (χ4v) is 3.17. The largest absolute Gasteiger partial charge is 0.755 e. The minimum absolute atomic E-state index is 0.0970. The van der Waals surface area contributed by atoms with Gasteiger partial charge in [0.05, 0.1) is 16.3 Å². The van der Waals surface area contributed by atoms with Crippen molar-refractivity contribution in [1.82, 2.24) is 0 Å². The van der Waals surface area contributed by atoms with Crippen LogP contribution in [-0.4, -0.2) is 17.2 Å². The summed E-state index contributed by atoms with van der Waals surface area (Å²) in [7, 11) is -3.78. The average Bonchev–Trinajstić information content (AvgIpc) is 2.42. The molecule has 0 radical (unpaired) electrons. The van der Waals surface area contributed by atoms with E-state index in [1.54, 1.807) is 37.3 Å². The molecule has 0 aliphatic rings. The standard InChI is InChI=1S/C13H14N2O4S2/c1-10-7-8-12(13(9-10)14-20(16)17)15-21(18,19)11-5-3-2-4-6-11/h2-9,14-15H,1H3,(H,16,17)/p-1. The number of rotatable bonds is 5. The van der Waals surface area contributed by atoms with Gasteiger partial charge in [0.15, 0.2) is 0 Å². The summed E-state index contributed by atoms with van der Waals surface area (Å²) in [5, 5.41) is 0. The molecule has 0 saturated heterocycles. The van der Waals surface area contributed by atoms with Gasteiger partial charge < -0.3 is 9.27 Å². The topological polar surface area (TPSA) is 98.3 Å². The molecule has 0 heterocycles. The summed E-state index contributed by atoms with van der Waals surface area (Å²) < 4.78 is 50.6. The van der Waals surface area contributed by atoms with Crippen molar-refractivity contribution in [2.45, 2.75) is 11.8 Å². The zero-order valence-corrected chi connectivity index (χ0v) is 12.7. The molecule has 1 atom stereocenters. The molecule has 0 saturated carbocycles. The van der Waals surface area contributed by atoms with Gasteiger partial charge in [-0.25, -0.2) is 8.42 Å². The highest BCUT2D eigenvalue weighted by Crippen LogP contribution is 2.26. The number of anilines is 2. The predicted molar refractivity (Wildman–Crippen MR) is 81.0 cm³/mol. The van der Waals surface area contributed by atoms with Crippen LogP contribution in [0.1, 0.15) is 5.56 Å². The van der Waals surface area contributed by atoms with Gasteiger partial charge in [-0.3, -0.25) is 8.93 Å². The lowest BCUT2D eigenvalue weighted by Crippen LogP contribution is -2.15. The van der Waals surface area contributed by atoms with Gasteiger partial charge in [0.25, 0.3) is 10.0 Å². The maximum absolute atomic E-state index is 12.2. The summed E-state index contributed by atoms with van der Waals surface area (Å²) in [4.78, 5) is 0.0970. The van der Waals surface area contributed by atoms with E-state index in [0.29, 0.717) is 0 Å². The highest BCUT2D eigenvalue weighted by atomic mass is 32.2. The number of nitrogens with one attached hydrogen (secondary N) is 2. The molecule has 2 aromatic carbocycles. The molecule has 0 bridgehead atoms. The molecule has 1 unspecified atom stereocenters. The Bertz CT molecular complexity index is 761. The quantitative estimate of drug-likeness (QED) is 0.821. The Hall–Kier alpha value is -1.90. The number of aryl methyl sites for hydroxylation is 1. The van der Waals surface area contributed by atoms with Crippen LogP contribution in [0.25, 0.3) is 0 Å². The Balaban J connectivity index is 2.37. The molecule has 112 valence electrons. The van der Waals surface area contributed by atoms with E-state index in [1.165, 1.54) is 18.2 Å². The molecule has 8 heteroatoms. The van der Waals surface area contributed by atoms with Gasteiger partial charge in [-0.05, 0) is 36.8 Å². The van der Waals surface area contributed by atoms with E-state index in [2.05, 4.69) is 9.44 Å². The van der Waals surface area contributed by atoms with Gasteiger partial charge in [0.2, 0.25) is 0 Å². The molecule has 0 spiro atoms. The highest BCUT2D eigenvalue weighted by Gasteiger charge is 2.15. The number of hydrogen-bond donors (Lipinski definition) is 2. The first-order valence-electron chi connectivity index (χ1n) is 5.93. The van der Waals surface area contributed by atoms with Gasteiger partial charge in [-0.15, -0.1) is 0 Å². The van der Waals surface area contributed by atoms with Crippen molar-refractivity contribution in [3.8, 4) is 0 Å². The molecule has 2 rings (SSSR count). The van der Waals surface area contributed by atoms with Crippen molar-refractivity contribution in [1.29, 1.82) is 0 Å². The first-order valence-corrected chi connectivity index (χ1v) is 8.49. The maximum Gasteiger partial charge on any atom is 0.261 e. The van der Waals surface area contributed by atoms with Gasteiger partial charge >= 0.3 is 0 Å². The van der Waals surface area contributed by atoms with E-state index >= 15 is 0 Å². The normalized spacial score (nSPS) is 12.7. The first-order chi connectivity index (χ1) is 9.88. The predicted octanol–water partition coefficient (Wildman–Crippen LogP) is 2.00. The second-order valence-corrected chi connectivity index (χ2v) is 6.66. The van der Waals surface area contributed by atoms with E-state index in [-0.39, 0.29) is 16.3 Å². The third-order valence-corrected chi connectivity index (χ3v) is 4.43. The highest BCUT2D eigenvalue weighted by molar-refractivity contribution is 7.92. The smallest absolute Gasteiger partial charge is 0.261 e. The molecule has 21 heavy (non-hydrogen) atoms. The Labute approximate surface area is 125 Å². The molecule has 6 nitrogen and oxygen atoms in total. The minimum Gasteiger partial charge on any atom is -0.755 e. The van der Waals surface area contributed by atoms with Crippen molar-refractivity contribution in [3.05, 3.63) is 54.1 Å². The van der Waals surface area contributed by atoms with Gasteiger partial charge in [0, 0.05) is 11.3 Å². The molecule has 0 aromatic heterocycles. The lowest BCUT2D eigenvalue weighted by molar-refractivity contribution is 0.542. The molecule has 2 N–H and O–H groups in total. The maximum atomic E-state index is 12.2. The van der Waals surface area contributed by atoms with Gasteiger partial charge in [-0.2, -0.15) is 0 Å². The van der Waals surface area contributed by atoms with E-state index < -0.39 is 21.3 Å². The lowest BCUT2D eigenvalue weighted by atomic mass is 10.2. The fraction of sp³-hybridized carbons (Fsp3) is 0.0769. The van der Waals surface area contributed by atoms with E-state index in [4.69, 9.17) is 0 Å². The lowest BCUT2D eigenvalue weighted by Gasteiger charge is -2.16. The average molecular weight is 325 g/mol. The third-order valence-electron chi connectivity index (χ3n) is 2.67. The molecule has 0 fully saturated rings. The zero-order valence-electron chi connectivity index (χ0n) is 11.1. The van der Waals surface area contributed by atoms with E-state index in [0.717, 1.165) is 5.56 Å². The van der Waals surface area contributed by atoms with Crippen molar-refractivity contribution < 1.29 is 17.2 Å². The number of benzene rings is 2. The van der Waals surface area contributed by atoms with Crippen LogP contribution in [0, 0.1) is 6.92 Å². The monoisotopic (exact) mass is 325 g/mol. The summed E-state index contributed by atoms with van der Waals surface area (Å²) in [6.45, 7) is 1.77. The Morgan fingerprint density at radius 1 is 1.05 bits per heavy atom. The van der Waals surface area contributed by atoms with Gasteiger partial charge in [-0.1, -0.05) is 24.3 Å². The first kappa shape index (κ1) is 15.5. The summed E-state index contributed by atoms with van der Waals surface area (Å²) in [6.07, 6.45) is 0. The Morgan fingerprint density at radius 2 is 1.71 bits per heavy atom. The second kappa shape index (κ2) is 6.25. The van der Waals surface area contributed by atoms with Crippen LogP contribution in [0.5, 0.6) is 0 Å². The van der Waals surface area contributed by atoms with Crippen molar-refractivity contribution >= 4 is 32.7 Å². The van der Waals surface area contributed by atoms with Crippen LogP contribution >= 0.6 is 0 Å².